The summed E-state index contributed by atoms with van der Waals surface area (Å²) in [5.41, 5.74) is 7.34. The summed E-state index contributed by atoms with van der Waals surface area (Å²) < 4.78 is 19.0. The third-order valence-electron chi connectivity index (χ3n) is 3.07. The van der Waals surface area contributed by atoms with Gasteiger partial charge >= 0.3 is 0 Å². The predicted molar refractivity (Wildman–Crippen MR) is 83.3 cm³/mol. The maximum Gasteiger partial charge on any atom is 0.135 e. The summed E-state index contributed by atoms with van der Waals surface area (Å²) in [7, 11) is 3.47. The minimum atomic E-state index is -0.421. The maximum atomic E-state index is 13.9. The predicted octanol–water partition coefficient (Wildman–Crippen LogP) is 3.24. The fourth-order valence-electron chi connectivity index (χ4n) is 1.87. The number of anilines is 2. The Morgan fingerprint density at radius 2 is 1.75 bits per heavy atom. The molecule has 0 fully saturated rings. The Labute approximate surface area is 122 Å². The molecule has 0 atom stereocenters. The van der Waals surface area contributed by atoms with E-state index < -0.39 is 5.82 Å². The van der Waals surface area contributed by atoms with Gasteiger partial charge in [0.05, 0.1) is 7.11 Å². The van der Waals surface area contributed by atoms with E-state index in [1.807, 2.05) is 36.2 Å². The van der Waals surface area contributed by atoms with Gasteiger partial charge in [-0.2, -0.15) is 0 Å². The molecule has 5 heteroatoms. The van der Waals surface area contributed by atoms with Gasteiger partial charge in [0.15, 0.2) is 0 Å². The monoisotopic (exact) mass is 290 g/mol. The number of ether oxygens (including phenoxy) is 1. The molecule has 0 unspecified atom stereocenters. The highest BCUT2D eigenvalue weighted by atomic mass is 32.1. The van der Waals surface area contributed by atoms with Crippen LogP contribution in [0.3, 0.4) is 0 Å². The molecule has 2 N–H and O–H groups in total. The highest BCUT2D eigenvalue weighted by Gasteiger charge is 2.09. The molecule has 0 spiro atoms. The van der Waals surface area contributed by atoms with Gasteiger partial charge in [-0.15, -0.1) is 0 Å². The summed E-state index contributed by atoms with van der Waals surface area (Å²) in [6.45, 7) is 0. The second kappa shape index (κ2) is 5.88. The van der Waals surface area contributed by atoms with Crippen LogP contribution in [-0.4, -0.2) is 19.1 Å². The van der Waals surface area contributed by atoms with Crippen LogP contribution in [0.1, 0.15) is 5.56 Å². The van der Waals surface area contributed by atoms with E-state index in [0.717, 1.165) is 11.4 Å². The summed E-state index contributed by atoms with van der Waals surface area (Å²) in [4.78, 5) is 1.92. The average molecular weight is 290 g/mol. The molecule has 0 aliphatic heterocycles. The van der Waals surface area contributed by atoms with Crippen molar-refractivity contribution < 1.29 is 9.13 Å². The Balaban J connectivity index is 2.30. The van der Waals surface area contributed by atoms with Crippen LogP contribution in [0.4, 0.5) is 15.8 Å². The molecule has 0 bridgehead atoms. The van der Waals surface area contributed by atoms with Crippen molar-refractivity contribution in [3.63, 3.8) is 0 Å². The van der Waals surface area contributed by atoms with E-state index >= 15 is 0 Å². The molecule has 0 saturated carbocycles. The number of rotatable bonds is 4. The number of hydrogen-bond donors (Lipinski definition) is 1. The number of methoxy groups -OCH3 is 1. The van der Waals surface area contributed by atoms with Crippen LogP contribution in [0.5, 0.6) is 5.75 Å². The van der Waals surface area contributed by atoms with E-state index in [9.17, 15) is 4.39 Å². The van der Waals surface area contributed by atoms with Crippen LogP contribution < -0.4 is 15.4 Å². The quantitative estimate of drug-likeness (QED) is 0.877. The van der Waals surface area contributed by atoms with Gasteiger partial charge in [0.2, 0.25) is 0 Å². The fraction of sp³-hybridized carbons (Fsp3) is 0.133. The maximum absolute atomic E-state index is 13.9. The average Bonchev–Trinajstić information content (AvgIpc) is 2.46. The van der Waals surface area contributed by atoms with Crippen molar-refractivity contribution in [2.45, 2.75) is 0 Å². The van der Waals surface area contributed by atoms with Crippen LogP contribution in [0.2, 0.25) is 0 Å². The van der Waals surface area contributed by atoms with Crippen molar-refractivity contribution in [2.24, 2.45) is 5.73 Å². The molecular formula is C15H15FN2OS. The summed E-state index contributed by atoms with van der Waals surface area (Å²) in [6, 6.07) is 12.3. The Morgan fingerprint density at radius 3 is 2.25 bits per heavy atom. The van der Waals surface area contributed by atoms with E-state index in [2.05, 4.69) is 0 Å². The Hall–Kier alpha value is -2.14. The molecule has 0 saturated heterocycles. The third-order valence-corrected chi connectivity index (χ3v) is 3.29. The largest absolute Gasteiger partial charge is 0.497 e. The lowest BCUT2D eigenvalue weighted by Crippen LogP contribution is -2.14. The second-order valence-corrected chi connectivity index (χ2v) is 4.73. The highest BCUT2D eigenvalue weighted by molar-refractivity contribution is 7.80. The topological polar surface area (TPSA) is 38.5 Å². The molecule has 0 aliphatic rings. The zero-order valence-corrected chi connectivity index (χ0v) is 12.1. The number of nitrogens with two attached hydrogens (primary N) is 1. The molecule has 3 nitrogen and oxygen atoms in total. The van der Waals surface area contributed by atoms with E-state index in [4.69, 9.17) is 22.7 Å². The molecule has 0 amide bonds. The van der Waals surface area contributed by atoms with Gasteiger partial charge in [0.1, 0.15) is 16.6 Å². The van der Waals surface area contributed by atoms with Crippen LogP contribution in [0, 0.1) is 5.82 Å². The molecular weight excluding hydrogens is 275 g/mol. The van der Waals surface area contributed by atoms with Crippen molar-refractivity contribution in [1.29, 1.82) is 0 Å². The van der Waals surface area contributed by atoms with Gasteiger partial charge in [-0.1, -0.05) is 12.2 Å². The van der Waals surface area contributed by atoms with Crippen LogP contribution in [-0.2, 0) is 0 Å². The molecule has 104 valence electrons. The van der Waals surface area contributed by atoms with E-state index in [1.165, 1.54) is 6.07 Å². The number of benzene rings is 2. The van der Waals surface area contributed by atoms with E-state index in [0.29, 0.717) is 5.69 Å². The zero-order valence-electron chi connectivity index (χ0n) is 11.3. The second-order valence-electron chi connectivity index (χ2n) is 4.29. The number of thiocarbonyl (C=S) groups is 1. The first-order valence-electron chi connectivity index (χ1n) is 6.00. The number of halogens is 1. The Bertz CT molecular complexity index is 628. The molecule has 2 aromatic rings. The molecule has 0 heterocycles. The Morgan fingerprint density at radius 1 is 1.15 bits per heavy atom. The van der Waals surface area contributed by atoms with Crippen molar-refractivity contribution in [2.75, 3.05) is 19.1 Å². The molecule has 2 rings (SSSR count). The summed E-state index contributed by atoms with van der Waals surface area (Å²) >= 11 is 4.79. The van der Waals surface area contributed by atoms with Gasteiger partial charge in [-0.05, 0) is 42.5 Å². The normalized spacial score (nSPS) is 10.2. The SMILES string of the molecule is COc1ccc(N(C)c2ccc(C(N)=S)c(F)c2)cc1. The van der Waals surface area contributed by atoms with Gasteiger partial charge < -0.3 is 15.4 Å². The minimum Gasteiger partial charge on any atom is -0.497 e. The molecule has 0 aliphatic carbocycles. The third kappa shape index (κ3) is 2.88. The minimum absolute atomic E-state index is 0.0566. The molecule has 0 aromatic heterocycles. The lowest BCUT2D eigenvalue weighted by atomic mass is 10.1. The zero-order chi connectivity index (χ0) is 14.7. The summed E-state index contributed by atoms with van der Waals surface area (Å²) in [5.74, 6) is 0.354. The van der Waals surface area contributed by atoms with Gasteiger partial charge in [-0.25, -0.2) is 4.39 Å². The molecule has 0 radical (unpaired) electrons. The fourth-order valence-corrected chi connectivity index (χ4v) is 2.03. The van der Waals surface area contributed by atoms with Gasteiger partial charge in [-0.3, -0.25) is 0 Å². The summed E-state index contributed by atoms with van der Waals surface area (Å²) in [5, 5.41) is 0. The van der Waals surface area contributed by atoms with E-state index in [-0.39, 0.29) is 10.6 Å². The lowest BCUT2D eigenvalue weighted by molar-refractivity contribution is 0.415. The summed E-state index contributed by atoms with van der Waals surface area (Å²) in [6.07, 6.45) is 0. The first-order chi connectivity index (χ1) is 9.52. The van der Waals surface area contributed by atoms with Crippen LogP contribution in [0.25, 0.3) is 0 Å². The highest BCUT2D eigenvalue weighted by Crippen LogP contribution is 2.26. The molecule has 20 heavy (non-hydrogen) atoms. The first kappa shape index (κ1) is 14.3. The van der Waals surface area contributed by atoms with Crippen LogP contribution in [0.15, 0.2) is 42.5 Å². The van der Waals surface area contributed by atoms with Crippen molar-refractivity contribution in [3.05, 3.63) is 53.8 Å². The lowest BCUT2D eigenvalue weighted by Gasteiger charge is -2.20. The van der Waals surface area contributed by atoms with Crippen molar-refractivity contribution in [1.82, 2.24) is 0 Å². The standard InChI is InChI=1S/C15H15FN2OS/c1-18(10-3-6-12(19-2)7-4-10)11-5-8-13(15(17)20)14(16)9-11/h3-9H,1-2H3,(H2,17,20). The molecule has 2 aromatic carbocycles. The Kier molecular flexibility index (Phi) is 4.20. The van der Waals surface area contributed by atoms with Gasteiger partial charge in [0.25, 0.3) is 0 Å². The van der Waals surface area contributed by atoms with Crippen LogP contribution >= 0.6 is 12.2 Å². The van der Waals surface area contributed by atoms with Crippen molar-refractivity contribution in [3.8, 4) is 5.75 Å². The van der Waals surface area contributed by atoms with Gasteiger partial charge in [0, 0.05) is 24.0 Å². The van der Waals surface area contributed by atoms with Crippen molar-refractivity contribution >= 4 is 28.6 Å². The number of nitrogens with zero attached hydrogens (tertiary/aromatic N) is 1. The smallest absolute Gasteiger partial charge is 0.135 e. The first-order valence-corrected chi connectivity index (χ1v) is 6.41. The van der Waals surface area contributed by atoms with E-state index in [1.54, 1.807) is 19.2 Å². The number of hydrogen-bond acceptors (Lipinski definition) is 3.